The predicted molar refractivity (Wildman–Crippen MR) is 78.7 cm³/mol. The number of anilines is 1. The van der Waals surface area contributed by atoms with E-state index in [1.165, 1.54) is 6.33 Å². The standard InChI is InChI=1S/C14H11ClN4O/c1-20-10-6-17-12(8-3-2-4-9(15)5-8)13-11(10)14(16)19-7-18-13/h2-7H,1H3,(H2,16,18,19). The van der Waals surface area contributed by atoms with Crippen molar-refractivity contribution in [3.63, 3.8) is 0 Å². The molecule has 2 N–H and O–H groups in total. The molecule has 5 nitrogen and oxygen atoms in total. The van der Waals surface area contributed by atoms with Gasteiger partial charge < -0.3 is 10.5 Å². The third kappa shape index (κ3) is 2.02. The molecule has 0 spiro atoms. The highest BCUT2D eigenvalue weighted by molar-refractivity contribution is 6.30. The van der Waals surface area contributed by atoms with Gasteiger partial charge in [0.05, 0.1) is 24.4 Å². The zero-order valence-corrected chi connectivity index (χ0v) is 11.4. The maximum Gasteiger partial charge on any atom is 0.150 e. The van der Waals surface area contributed by atoms with E-state index in [0.29, 0.717) is 33.2 Å². The van der Waals surface area contributed by atoms with Crippen LogP contribution in [0.5, 0.6) is 5.75 Å². The van der Waals surface area contributed by atoms with Crippen LogP contribution in [0.1, 0.15) is 0 Å². The number of methoxy groups -OCH3 is 1. The molecule has 0 saturated carbocycles. The van der Waals surface area contributed by atoms with E-state index in [9.17, 15) is 0 Å². The average Bonchev–Trinajstić information content (AvgIpc) is 2.46. The molecule has 1 aromatic carbocycles. The number of rotatable bonds is 2. The van der Waals surface area contributed by atoms with Crippen LogP contribution in [0, 0.1) is 0 Å². The highest BCUT2D eigenvalue weighted by Crippen LogP contribution is 2.33. The Morgan fingerprint density at radius 1 is 1.20 bits per heavy atom. The Kier molecular flexibility index (Phi) is 3.12. The molecule has 20 heavy (non-hydrogen) atoms. The fourth-order valence-electron chi connectivity index (χ4n) is 2.07. The summed E-state index contributed by atoms with van der Waals surface area (Å²) >= 11 is 6.03. The molecule has 0 fully saturated rings. The molecular weight excluding hydrogens is 276 g/mol. The van der Waals surface area contributed by atoms with Gasteiger partial charge in [0.25, 0.3) is 0 Å². The van der Waals surface area contributed by atoms with Gasteiger partial charge in [0, 0.05) is 10.6 Å². The number of ether oxygens (including phenoxy) is 1. The van der Waals surface area contributed by atoms with Gasteiger partial charge in [-0.3, -0.25) is 4.98 Å². The van der Waals surface area contributed by atoms with Crippen LogP contribution >= 0.6 is 11.6 Å². The lowest BCUT2D eigenvalue weighted by molar-refractivity contribution is 0.418. The van der Waals surface area contributed by atoms with Gasteiger partial charge in [0.2, 0.25) is 0 Å². The zero-order valence-electron chi connectivity index (χ0n) is 10.7. The normalized spacial score (nSPS) is 10.7. The second-order valence-electron chi connectivity index (χ2n) is 4.17. The number of fused-ring (bicyclic) bond motifs is 1. The van der Waals surface area contributed by atoms with Crippen LogP contribution in [0.2, 0.25) is 5.02 Å². The fraction of sp³-hybridized carbons (Fsp3) is 0.0714. The van der Waals surface area contributed by atoms with Gasteiger partial charge >= 0.3 is 0 Å². The van der Waals surface area contributed by atoms with Crippen LogP contribution in [0.3, 0.4) is 0 Å². The number of benzene rings is 1. The molecule has 2 aromatic heterocycles. The Bertz CT molecular complexity index is 791. The summed E-state index contributed by atoms with van der Waals surface area (Å²) in [4.78, 5) is 12.7. The topological polar surface area (TPSA) is 73.9 Å². The monoisotopic (exact) mass is 286 g/mol. The van der Waals surface area contributed by atoms with Crippen LogP contribution < -0.4 is 10.5 Å². The number of halogens is 1. The minimum Gasteiger partial charge on any atom is -0.494 e. The maximum absolute atomic E-state index is 6.03. The third-order valence-corrected chi connectivity index (χ3v) is 3.21. The molecule has 6 heteroatoms. The SMILES string of the molecule is COc1cnc(-c2cccc(Cl)c2)c2ncnc(N)c12. The Morgan fingerprint density at radius 3 is 2.80 bits per heavy atom. The summed E-state index contributed by atoms with van der Waals surface area (Å²) in [6.07, 6.45) is 3.02. The Labute approximate surface area is 120 Å². The molecule has 0 saturated heterocycles. The zero-order chi connectivity index (χ0) is 14.1. The van der Waals surface area contributed by atoms with E-state index in [0.717, 1.165) is 5.56 Å². The van der Waals surface area contributed by atoms with Crippen molar-refractivity contribution in [3.8, 4) is 17.0 Å². The number of aromatic nitrogens is 3. The van der Waals surface area contributed by atoms with Gasteiger partial charge in [0.1, 0.15) is 23.4 Å². The summed E-state index contributed by atoms with van der Waals surface area (Å²) in [7, 11) is 1.56. The van der Waals surface area contributed by atoms with Crippen molar-refractivity contribution < 1.29 is 4.74 Å². The van der Waals surface area contributed by atoms with E-state index in [4.69, 9.17) is 22.1 Å². The highest BCUT2D eigenvalue weighted by Gasteiger charge is 2.14. The van der Waals surface area contributed by atoms with Crippen molar-refractivity contribution in [1.82, 2.24) is 15.0 Å². The Morgan fingerprint density at radius 2 is 2.05 bits per heavy atom. The van der Waals surface area contributed by atoms with Crippen molar-refractivity contribution in [1.29, 1.82) is 0 Å². The number of nitrogens with two attached hydrogens (primary N) is 1. The first-order chi connectivity index (χ1) is 9.70. The molecule has 100 valence electrons. The Balaban J connectivity index is 2.36. The van der Waals surface area contributed by atoms with E-state index >= 15 is 0 Å². The summed E-state index contributed by atoms with van der Waals surface area (Å²) < 4.78 is 5.27. The summed E-state index contributed by atoms with van der Waals surface area (Å²) in [6, 6.07) is 7.41. The molecule has 3 rings (SSSR count). The van der Waals surface area contributed by atoms with Crippen molar-refractivity contribution in [2.75, 3.05) is 12.8 Å². The minimum absolute atomic E-state index is 0.359. The molecule has 0 unspecified atom stereocenters. The van der Waals surface area contributed by atoms with Crippen LogP contribution in [-0.2, 0) is 0 Å². The first-order valence-electron chi connectivity index (χ1n) is 5.90. The molecule has 3 aromatic rings. The van der Waals surface area contributed by atoms with E-state index in [1.807, 2.05) is 18.2 Å². The van der Waals surface area contributed by atoms with Gasteiger partial charge in [-0.2, -0.15) is 0 Å². The smallest absolute Gasteiger partial charge is 0.150 e. The molecule has 0 radical (unpaired) electrons. The van der Waals surface area contributed by atoms with Gasteiger partial charge in [-0.15, -0.1) is 0 Å². The summed E-state index contributed by atoms with van der Waals surface area (Å²) in [5.74, 6) is 0.904. The molecular formula is C14H11ClN4O. The van der Waals surface area contributed by atoms with Crippen molar-refractivity contribution in [2.45, 2.75) is 0 Å². The molecule has 0 amide bonds. The van der Waals surface area contributed by atoms with Crippen LogP contribution in [-0.4, -0.2) is 22.1 Å². The lowest BCUT2D eigenvalue weighted by Gasteiger charge is -2.10. The number of hydrogen-bond donors (Lipinski definition) is 1. The summed E-state index contributed by atoms with van der Waals surface area (Å²) in [5.41, 5.74) is 8.12. The quantitative estimate of drug-likeness (QED) is 0.784. The molecule has 0 aliphatic carbocycles. The maximum atomic E-state index is 6.03. The van der Waals surface area contributed by atoms with E-state index in [2.05, 4.69) is 15.0 Å². The van der Waals surface area contributed by atoms with E-state index in [-0.39, 0.29) is 0 Å². The molecule has 0 aliphatic heterocycles. The second-order valence-corrected chi connectivity index (χ2v) is 4.60. The number of nitrogen functional groups attached to an aromatic ring is 1. The van der Waals surface area contributed by atoms with Crippen LogP contribution in [0.25, 0.3) is 22.2 Å². The Hall–Kier alpha value is -2.40. The average molecular weight is 287 g/mol. The van der Waals surface area contributed by atoms with Crippen LogP contribution in [0.15, 0.2) is 36.8 Å². The van der Waals surface area contributed by atoms with Gasteiger partial charge in [-0.1, -0.05) is 23.7 Å². The predicted octanol–water partition coefficient (Wildman–Crippen LogP) is 2.94. The molecule has 2 heterocycles. The fourth-order valence-corrected chi connectivity index (χ4v) is 2.26. The molecule has 0 atom stereocenters. The van der Waals surface area contributed by atoms with Gasteiger partial charge in [0.15, 0.2) is 0 Å². The van der Waals surface area contributed by atoms with E-state index < -0.39 is 0 Å². The number of pyridine rings is 1. The number of hydrogen-bond acceptors (Lipinski definition) is 5. The number of nitrogens with zero attached hydrogens (tertiary/aromatic N) is 3. The van der Waals surface area contributed by atoms with Gasteiger partial charge in [-0.05, 0) is 12.1 Å². The lowest BCUT2D eigenvalue weighted by Crippen LogP contribution is -1.99. The summed E-state index contributed by atoms with van der Waals surface area (Å²) in [5, 5.41) is 1.29. The van der Waals surface area contributed by atoms with Crippen molar-refractivity contribution in [3.05, 3.63) is 41.8 Å². The van der Waals surface area contributed by atoms with Crippen LogP contribution in [0.4, 0.5) is 5.82 Å². The summed E-state index contributed by atoms with van der Waals surface area (Å²) in [6.45, 7) is 0. The first-order valence-corrected chi connectivity index (χ1v) is 6.27. The van der Waals surface area contributed by atoms with E-state index in [1.54, 1.807) is 19.4 Å². The van der Waals surface area contributed by atoms with Crippen molar-refractivity contribution >= 4 is 28.3 Å². The third-order valence-electron chi connectivity index (χ3n) is 2.98. The van der Waals surface area contributed by atoms with Crippen molar-refractivity contribution in [2.24, 2.45) is 0 Å². The largest absolute Gasteiger partial charge is 0.494 e. The minimum atomic E-state index is 0.359. The highest BCUT2D eigenvalue weighted by atomic mass is 35.5. The molecule has 0 aliphatic rings. The second kappa shape index (κ2) is 4.94. The molecule has 0 bridgehead atoms. The first kappa shape index (κ1) is 12.6. The van der Waals surface area contributed by atoms with Gasteiger partial charge in [-0.25, -0.2) is 9.97 Å². The lowest BCUT2D eigenvalue weighted by atomic mass is 10.1.